The summed E-state index contributed by atoms with van der Waals surface area (Å²) in [6.45, 7) is 0. The molecule has 0 spiro atoms. The van der Waals surface area contributed by atoms with Crippen molar-refractivity contribution in [2.75, 3.05) is 10.6 Å². The Labute approximate surface area is 217 Å². The van der Waals surface area contributed by atoms with Gasteiger partial charge in [0.1, 0.15) is 0 Å². The molecule has 36 heavy (non-hydrogen) atoms. The molecule has 3 aromatic rings. The summed E-state index contributed by atoms with van der Waals surface area (Å²) in [7, 11) is 0. The summed E-state index contributed by atoms with van der Waals surface area (Å²) in [6, 6.07) is 24.3. The lowest BCUT2D eigenvalue weighted by molar-refractivity contribution is -0.144. The topological polar surface area (TPSA) is 111 Å². The number of para-hydroxylation sites is 1. The number of fused-ring (bicyclic) bond motifs is 1. The van der Waals surface area contributed by atoms with Crippen LogP contribution < -0.4 is 26.6 Å². The van der Waals surface area contributed by atoms with Crippen molar-refractivity contribution < 1.29 is 14.4 Å². The molecule has 3 aromatic carbocycles. The second kappa shape index (κ2) is 10.6. The summed E-state index contributed by atoms with van der Waals surface area (Å²) < 4.78 is 0. The number of halogens is 1. The minimum atomic E-state index is -0.831. The first-order valence-corrected chi connectivity index (χ1v) is 12.7. The van der Waals surface area contributed by atoms with E-state index in [-0.39, 0.29) is 24.1 Å². The second-order valence-corrected chi connectivity index (χ2v) is 10.1. The van der Waals surface area contributed by atoms with Gasteiger partial charge in [0.25, 0.3) is 0 Å². The number of amides is 3. The minimum absolute atomic E-state index is 0.0780. The van der Waals surface area contributed by atoms with Crippen LogP contribution >= 0.6 is 23.4 Å². The molecule has 4 atom stereocenters. The maximum absolute atomic E-state index is 13.4. The van der Waals surface area contributed by atoms with E-state index in [0.29, 0.717) is 10.7 Å². The third-order valence-corrected chi connectivity index (χ3v) is 7.39. The maximum atomic E-state index is 13.4. The van der Waals surface area contributed by atoms with Crippen LogP contribution in [0.5, 0.6) is 0 Å². The van der Waals surface area contributed by atoms with E-state index in [2.05, 4.69) is 26.6 Å². The number of hydrogen-bond donors (Lipinski definition) is 5. The van der Waals surface area contributed by atoms with Gasteiger partial charge in [-0.25, -0.2) is 0 Å². The highest BCUT2D eigenvalue weighted by Gasteiger charge is 2.48. The average molecular weight is 522 g/mol. The zero-order chi connectivity index (χ0) is 25.1. The Kier molecular flexibility index (Phi) is 7.13. The molecule has 5 rings (SSSR count). The average Bonchev–Trinajstić information content (AvgIpc) is 2.86. The van der Waals surface area contributed by atoms with Gasteiger partial charge in [-0.3, -0.25) is 19.7 Å². The number of nitrogens with one attached hydrogen (secondary N) is 5. The summed E-state index contributed by atoms with van der Waals surface area (Å²) in [5.74, 6) is -2.59. The van der Waals surface area contributed by atoms with Crippen LogP contribution in [0.2, 0.25) is 5.02 Å². The van der Waals surface area contributed by atoms with E-state index in [0.717, 1.165) is 15.5 Å². The molecule has 8 nitrogen and oxygen atoms in total. The van der Waals surface area contributed by atoms with Crippen LogP contribution in [-0.2, 0) is 14.4 Å². The standard InChI is InChI=1S/C26H24ClN5O3S/c27-15-10-12-16(13-11-15)28-26-31-23-22(25(35)32-26)18(14-21(33)30-23)24(34)29-19-8-4-5-9-20(19)36-17-6-2-1-3-7-17/h1-13,18,22-23,26,28,31H,14H2,(H,29,34)(H,30,33)(H,32,35). The van der Waals surface area contributed by atoms with E-state index in [1.165, 1.54) is 11.8 Å². The van der Waals surface area contributed by atoms with Crippen LogP contribution in [0.3, 0.4) is 0 Å². The van der Waals surface area contributed by atoms with Gasteiger partial charge in [-0.05, 0) is 48.5 Å². The quantitative estimate of drug-likeness (QED) is 0.339. The lowest BCUT2D eigenvalue weighted by Gasteiger charge is -2.43. The Morgan fingerprint density at radius 3 is 2.42 bits per heavy atom. The van der Waals surface area contributed by atoms with Crippen molar-refractivity contribution in [3.63, 3.8) is 0 Å². The first-order chi connectivity index (χ1) is 17.5. The molecule has 0 bridgehead atoms. The van der Waals surface area contributed by atoms with Gasteiger partial charge in [0.05, 0.1) is 23.7 Å². The smallest absolute Gasteiger partial charge is 0.229 e. The number of benzene rings is 3. The SMILES string of the molecule is O=C1CC(C(=O)Nc2ccccc2Sc2ccccc2)C2C(=O)NC(Nc3ccc(Cl)cc3)NC2N1. The molecule has 0 radical (unpaired) electrons. The summed E-state index contributed by atoms with van der Waals surface area (Å²) in [4.78, 5) is 40.9. The molecule has 0 aromatic heterocycles. The first-order valence-electron chi connectivity index (χ1n) is 11.5. The molecule has 2 saturated heterocycles. The van der Waals surface area contributed by atoms with E-state index in [4.69, 9.17) is 11.6 Å². The zero-order valence-corrected chi connectivity index (χ0v) is 20.6. The van der Waals surface area contributed by atoms with Crippen LogP contribution in [0.1, 0.15) is 6.42 Å². The molecule has 4 unspecified atom stereocenters. The van der Waals surface area contributed by atoms with E-state index >= 15 is 0 Å². The van der Waals surface area contributed by atoms with Crippen molar-refractivity contribution in [3.8, 4) is 0 Å². The molecular formula is C26H24ClN5O3S. The van der Waals surface area contributed by atoms with Gasteiger partial charge in [0.15, 0.2) is 6.29 Å². The highest BCUT2D eigenvalue weighted by molar-refractivity contribution is 7.99. The Bertz CT molecular complexity index is 1270. The molecule has 2 aliphatic heterocycles. The molecule has 5 N–H and O–H groups in total. The number of piperidine rings is 1. The lowest BCUT2D eigenvalue weighted by atomic mass is 9.81. The Hall–Kier alpha value is -3.53. The van der Waals surface area contributed by atoms with Gasteiger partial charge in [-0.2, -0.15) is 0 Å². The van der Waals surface area contributed by atoms with Gasteiger partial charge >= 0.3 is 0 Å². The van der Waals surface area contributed by atoms with Crippen molar-refractivity contribution in [2.24, 2.45) is 11.8 Å². The largest absolute Gasteiger partial charge is 0.353 e. The van der Waals surface area contributed by atoms with E-state index < -0.39 is 24.3 Å². The molecule has 2 fully saturated rings. The summed E-state index contributed by atoms with van der Waals surface area (Å²) in [5.41, 5.74) is 1.37. The van der Waals surface area contributed by atoms with Crippen molar-refractivity contribution in [1.29, 1.82) is 0 Å². The Morgan fingerprint density at radius 2 is 1.64 bits per heavy atom. The van der Waals surface area contributed by atoms with Crippen LogP contribution in [0.15, 0.2) is 88.7 Å². The number of rotatable bonds is 6. The van der Waals surface area contributed by atoms with E-state index in [1.54, 1.807) is 24.3 Å². The number of anilines is 2. The molecule has 10 heteroatoms. The van der Waals surface area contributed by atoms with Crippen molar-refractivity contribution >= 4 is 52.5 Å². The van der Waals surface area contributed by atoms with E-state index in [9.17, 15) is 14.4 Å². The fraction of sp³-hybridized carbons (Fsp3) is 0.192. The van der Waals surface area contributed by atoms with E-state index in [1.807, 2.05) is 54.6 Å². The first kappa shape index (κ1) is 24.2. The molecule has 0 saturated carbocycles. The van der Waals surface area contributed by atoms with Gasteiger partial charge in [-0.1, -0.05) is 53.7 Å². The highest BCUT2D eigenvalue weighted by Crippen LogP contribution is 2.34. The summed E-state index contributed by atoms with van der Waals surface area (Å²) in [6.07, 6.45) is -1.41. The van der Waals surface area contributed by atoms with Gasteiger partial charge in [-0.15, -0.1) is 0 Å². The van der Waals surface area contributed by atoms with Crippen LogP contribution in [0.25, 0.3) is 0 Å². The maximum Gasteiger partial charge on any atom is 0.229 e. The fourth-order valence-corrected chi connectivity index (χ4v) is 5.42. The van der Waals surface area contributed by atoms with Gasteiger partial charge < -0.3 is 21.3 Å². The monoisotopic (exact) mass is 521 g/mol. The molecule has 184 valence electrons. The predicted octanol–water partition coefficient (Wildman–Crippen LogP) is 3.62. The predicted molar refractivity (Wildman–Crippen MR) is 139 cm³/mol. The summed E-state index contributed by atoms with van der Waals surface area (Å²) in [5, 5.41) is 15.5. The highest BCUT2D eigenvalue weighted by atomic mass is 35.5. The molecule has 3 amide bonds. The molecule has 0 aliphatic carbocycles. The third kappa shape index (κ3) is 5.48. The Balaban J connectivity index is 1.30. The van der Waals surface area contributed by atoms with Crippen LogP contribution in [0.4, 0.5) is 11.4 Å². The van der Waals surface area contributed by atoms with Crippen molar-refractivity contribution in [2.45, 2.75) is 28.7 Å². The summed E-state index contributed by atoms with van der Waals surface area (Å²) >= 11 is 7.47. The van der Waals surface area contributed by atoms with Crippen molar-refractivity contribution in [3.05, 3.63) is 83.9 Å². The second-order valence-electron chi connectivity index (χ2n) is 8.54. The fourth-order valence-electron chi connectivity index (χ4n) is 4.37. The van der Waals surface area contributed by atoms with Crippen molar-refractivity contribution in [1.82, 2.24) is 16.0 Å². The zero-order valence-electron chi connectivity index (χ0n) is 19.0. The van der Waals surface area contributed by atoms with Crippen LogP contribution in [0, 0.1) is 11.8 Å². The normalized spacial score (nSPS) is 23.1. The molecule has 2 aliphatic rings. The Morgan fingerprint density at radius 1 is 0.917 bits per heavy atom. The van der Waals surface area contributed by atoms with Gasteiger partial charge in [0.2, 0.25) is 17.7 Å². The minimum Gasteiger partial charge on any atom is -0.353 e. The third-order valence-electron chi connectivity index (χ3n) is 6.06. The lowest BCUT2D eigenvalue weighted by Crippen LogP contribution is -2.72. The number of carbonyl (C=O) groups excluding carboxylic acids is 3. The molecule has 2 heterocycles. The van der Waals surface area contributed by atoms with Crippen LogP contribution in [-0.4, -0.2) is 30.2 Å². The molecular weight excluding hydrogens is 498 g/mol. The number of hydrogen-bond acceptors (Lipinski definition) is 6. The number of carbonyl (C=O) groups is 3. The van der Waals surface area contributed by atoms with Gasteiger partial charge in [0, 0.05) is 26.9 Å².